The third kappa shape index (κ3) is 2.21. The van der Waals surface area contributed by atoms with Gasteiger partial charge < -0.3 is 4.74 Å². The van der Waals surface area contributed by atoms with E-state index in [1.54, 1.807) is 7.11 Å². The molecule has 4 nitrogen and oxygen atoms in total. The van der Waals surface area contributed by atoms with Crippen molar-refractivity contribution < 1.29 is 14.3 Å². The highest BCUT2D eigenvalue weighted by Gasteiger charge is 2.26. The van der Waals surface area contributed by atoms with Gasteiger partial charge in [-0.3, -0.25) is 14.9 Å². The first-order valence-electron chi connectivity index (χ1n) is 5.15. The maximum absolute atomic E-state index is 11.2. The van der Waals surface area contributed by atoms with E-state index in [9.17, 15) is 9.59 Å². The summed E-state index contributed by atoms with van der Waals surface area (Å²) in [5.41, 5.74) is 0.975. The van der Waals surface area contributed by atoms with E-state index in [-0.39, 0.29) is 17.7 Å². The van der Waals surface area contributed by atoms with Gasteiger partial charge in [0.25, 0.3) is 0 Å². The van der Waals surface area contributed by atoms with Crippen LogP contribution in [0.15, 0.2) is 24.3 Å². The van der Waals surface area contributed by atoms with E-state index in [1.807, 2.05) is 24.3 Å². The third-order valence-electron chi connectivity index (χ3n) is 2.71. The molecule has 4 heteroatoms. The molecule has 1 aliphatic heterocycles. The molecule has 1 aromatic rings. The molecular formula is C12H13NO3. The van der Waals surface area contributed by atoms with Crippen LogP contribution in [0.3, 0.4) is 0 Å². The van der Waals surface area contributed by atoms with Crippen molar-refractivity contribution in [2.24, 2.45) is 0 Å². The molecule has 0 atom stereocenters. The largest absolute Gasteiger partial charge is 0.497 e. The first-order valence-corrected chi connectivity index (χ1v) is 5.15. The Morgan fingerprint density at radius 3 is 2.56 bits per heavy atom. The van der Waals surface area contributed by atoms with Crippen molar-refractivity contribution in [3.8, 4) is 5.75 Å². The van der Waals surface area contributed by atoms with Crippen LogP contribution in [0.1, 0.15) is 24.3 Å². The first-order chi connectivity index (χ1) is 7.69. The lowest BCUT2D eigenvalue weighted by atomic mass is 9.89. The molecule has 1 saturated heterocycles. The van der Waals surface area contributed by atoms with Gasteiger partial charge in [-0.05, 0) is 17.7 Å². The summed E-state index contributed by atoms with van der Waals surface area (Å²) in [7, 11) is 1.60. The normalized spacial score (nSPS) is 17.1. The van der Waals surface area contributed by atoms with Gasteiger partial charge in [-0.15, -0.1) is 0 Å². The minimum absolute atomic E-state index is 0.0312. The van der Waals surface area contributed by atoms with Crippen molar-refractivity contribution in [3.05, 3.63) is 29.8 Å². The quantitative estimate of drug-likeness (QED) is 0.761. The Morgan fingerprint density at radius 2 is 1.94 bits per heavy atom. The number of hydrogen-bond acceptors (Lipinski definition) is 3. The van der Waals surface area contributed by atoms with Crippen molar-refractivity contribution in [3.63, 3.8) is 0 Å². The molecule has 0 aliphatic carbocycles. The second kappa shape index (κ2) is 4.35. The molecule has 84 valence electrons. The van der Waals surface area contributed by atoms with Gasteiger partial charge in [0.2, 0.25) is 11.8 Å². The Labute approximate surface area is 93.6 Å². The molecule has 16 heavy (non-hydrogen) atoms. The maximum atomic E-state index is 11.2. The Kier molecular flexibility index (Phi) is 2.90. The standard InChI is InChI=1S/C12H13NO3/c1-16-10-4-2-3-8(5-10)9-6-11(14)13-12(15)7-9/h2-5,9H,6-7H2,1H3,(H,13,14,15). The Balaban J connectivity index is 2.22. The summed E-state index contributed by atoms with van der Waals surface area (Å²) in [5.74, 6) is 0.306. The SMILES string of the molecule is COc1cccc(C2CC(=O)NC(=O)C2)c1. The number of carbonyl (C=O) groups excluding carboxylic acids is 2. The van der Waals surface area contributed by atoms with Crippen molar-refractivity contribution >= 4 is 11.8 Å². The molecule has 2 rings (SSSR count). The van der Waals surface area contributed by atoms with Crippen LogP contribution in [-0.2, 0) is 9.59 Å². The zero-order valence-corrected chi connectivity index (χ0v) is 9.03. The Hall–Kier alpha value is -1.84. The number of amides is 2. The number of imide groups is 1. The van der Waals surface area contributed by atoms with Gasteiger partial charge in [0.05, 0.1) is 7.11 Å². The Morgan fingerprint density at radius 1 is 1.25 bits per heavy atom. The van der Waals surface area contributed by atoms with Crippen LogP contribution in [0.5, 0.6) is 5.75 Å². The van der Waals surface area contributed by atoms with E-state index < -0.39 is 0 Å². The monoisotopic (exact) mass is 219 g/mol. The van der Waals surface area contributed by atoms with Crippen LogP contribution in [0.2, 0.25) is 0 Å². The van der Waals surface area contributed by atoms with Gasteiger partial charge in [0.1, 0.15) is 5.75 Å². The summed E-state index contributed by atoms with van der Waals surface area (Å²) in [6, 6.07) is 7.50. The van der Waals surface area contributed by atoms with E-state index in [2.05, 4.69) is 5.32 Å². The van der Waals surface area contributed by atoms with Gasteiger partial charge in [0, 0.05) is 18.8 Å². The lowest BCUT2D eigenvalue weighted by Gasteiger charge is -2.21. The maximum Gasteiger partial charge on any atom is 0.227 e. The highest BCUT2D eigenvalue weighted by molar-refractivity contribution is 5.98. The first kappa shape index (κ1) is 10.7. The molecule has 1 aliphatic rings. The van der Waals surface area contributed by atoms with Gasteiger partial charge in [-0.2, -0.15) is 0 Å². The lowest BCUT2D eigenvalue weighted by molar-refractivity contribution is -0.133. The topological polar surface area (TPSA) is 55.4 Å². The van der Waals surface area contributed by atoms with Crippen LogP contribution in [-0.4, -0.2) is 18.9 Å². The minimum Gasteiger partial charge on any atom is -0.497 e. The lowest BCUT2D eigenvalue weighted by Crippen LogP contribution is -2.37. The molecule has 1 fully saturated rings. The van der Waals surface area contributed by atoms with Crippen molar-refractivity contribution in [1.82, 2.24) is 5.32 Å². The average molecular weight is 219 g/mol. The molecular weight excluding hydrogens is 206 g/mol. The van der Waals surface area contributed by atoms with E-state index in [4.69, 9.17) is 4.74 Å². The number of methoxy groups -OCH3 is 1. The fourth-order valence-corrected chi connectivity index (χ4v) is 1.91. The molecule has 0 radical (unpaired) electrons. The summed E-state index contributed by atoms with van der Waals surface area (Å²) in [5, 5.41) is 2.30. The van der Waals surface area contributed by atoms with Crippen LogP contribution >= 0.6 is 0 Å². The van der Waals surface area contributed by atoms with E-state index in [1.165, 1.54) is 0 Å². The van der Waals surface area contributed by atoms with Gasteiger partial charge >= 0.3 is 0 Å². The number of benzene rings is 1. The number of hydrogen-bond donors (Lipinski definition) is 1. The zero-order valence-electron chi connectivity index (χ0n) is 9.03. The van der Waals surface area contributed by atoms with Gasteiger partial charge in [0.15, 0.2) is 0 Å². The molecule has 0 unspecified atom stereocenters. The molecule has 0 bridgehead atoms. The van der Waals surface area contributed by atoms with Crippen LogP contribution in [0.25, 0.3) is 0 Å². The van der Waals surface area contributed by atoms with Crippen LogP contribution in [0.4, 0.5) is 0 Å². The second-order valence-electron chi connectivity index (χ2n) is 3.85. The predicted molar refractivity (Wildman–Crippen MR) is 58.1 cm³/mol. The second-order valence-corrected chi connectivity index (χ2v) is 3.85. The highest BCUT2D eigenvalue weighted by Crippen LogP contribution is 2.28. The fourth-order valence-electron chi connectivity index (χ4n) is 1.91. The molecule has 0 spiro atoms. The molecule has 2 amide bonds. The van der Waals surface area contributed by atoms with E-state index in [0.29, 0.717) is 12.8 Å². The zero-order chi connectivity index (χ0) is 11.5. The minimum atomic E-state index is -0.205. The van der Waals surface area contributed by atoms with Gasteiger partial charge in [-0.25, -0.2) is 0 Å². The summed E-state index contributed by atoms with van der Waals surface area (Å²) in [6.45, 7) is 0. The number of nitrogens with one attached hydrogen (secondary N) is 1. The van der Waals surface area contributed by atoms with Crippen molar-refractivity contribution in [1.29, 1.82) is 0 Å². The van der Waals surface area contributed by atoms with Crippen molar-refractivity contribution in [2.75, 3.05) is 7.11 Å². The molecule has 0 saturated carbocycles. The van der Waals surface area contributed by atoms with Crippen LogP contribution in [0, 0.1) is 0 Å². The van der Waals surface area contributed by atoms with Gasteiger partial charge in [-0.1, -0.05) is 12.1 Å². The summed E-state index contributed by atoms with van der Waals surface area (Å²) in [4.78, 5) is 22.5. The summed E-state index contributed by atoms with van der Waals surface area (Å²) < 4.78 is 5.11. The molecule has 1 N–H and O–H groups in total. The number of rotatable bonds is 2. The highest BCUT2D eigenvalue weighted by atomic mass is 16.5. The van der Waals surface area contributed by atoms with Crippen LogP contribution < -0.4 is 10.1 Å². The molecule has 1 heterocycles. The van der Waals surface area contributed by atoms with E-state index in [0.717, 1.165) is 11.3 Å². The third-order valence-corrected chi connectivity index (χ3v) is 2.71. The number of piperidine rings is 1. The molecule has 0 aromatic heterocycles. The predicted octanol–water partition coefficient (Wildman–Crippen LogP) is 1.22. The fraction of sp³-hybridized carbons (Fsp3) is 0.333. The smallest absolute Gasteiger partial charge is 0.227 e. The Bertz CT molecular complexity index is 412. The summed E-state index contributed by atoms with van der Waals surface area (Å²) in [6.07, 6.45) is 0.720. The number of carbonyl (C=O) groups is 2. The van der Waals surface area contributed by atoms with E-state index >= 15 is 0 Å². The number of ether oxygens (including phenoxy) is 1. The molecule has 1 aromatic carbocycles. The van der Waals surface area contributed by atoms with Crippen molar-refractivity contribution in [2.45, 2.75) is 18.8 Å². The average Bonchev–Trinajstić information content (AvgIpc) is 2.28. The summed E-state index contributed by atoms with van der Waals surface area (Å²) >= 11 is 0.